The van der Waals surface area contributed by atoms with Crippen LogP contribution in [0, 0.1) is 13.8 Å². The van der Waals surface area contributed by atoms with Crippen LogP contribution < -0.4 is 10.6 Å². The Kier molecular flexibility index (Phi) is 5.12. The lowest BCUT2D eigenvalue weighted by atomic mass is 10.1. The van der Waals surface area contributed by atoms with Crippen LogP contribution >= 0.6 is 11.6 Å². The van der Waals surface area contributed by atoms with Gasteiger partial charge in [0.15, 0.2) is 0 Å². The summed E-state index contributed by atoms with van der Waals surface area (Å²) < 4.78 is 0. The lowest BCUT2D eigenvalue weighted by Crippen LogP contribution is -2.35. The summed E-state index contributed by atoms with van der Waals surface area (Å²) in [5.74, 6) is -1.49. The summed E-state index contributed by atoms with van der Waals surface area (Å²) >= 11 is 6.10. The van der Waals surface area contributed by atoms with Crippen molar-refractivity contribution in [1.82, 2.24) is 10.3 Å². The minimum absolute atomic E-state index is 0.188. The topological polar surface area (TPSA) is 71.1 Å². The van der Waals surface area contributed by atoms with E-state index < -0.39 is 11.8 Å². The van der Waals surface area contributed by atoms with E-state index in [0.717, 1.165) is 11.1 Å². The summed E-state index contributed by atoms with van der Waals surface area (Å²) in [5, 5.41) is 5.46. The van der Waals surface area contributed by atoms with E-state index in [1.807, 2.05) is 26.0 Å². The molecule has 2 amide bonds. The molecule has 114 valence electrons. The number of hydrogen-bond acceptors (Lipinski definition) is 3. The first-order valence-electron chi connectivity index (χ1n) is 6.73. The highest BCUT2D eigenvalue weighted by Crippen LogP contribution is 2.27. The van der Waals surface area contributed by atoms with Crippen molar-refractivity contribution >= 4 is 29.1 Å². The van der Waals surface area contributed by atoms with Crippen molar-refractivity contribution in [1.29, 1.82) is 0 Å². The van der Waals surface area contributed by atoms with Gasteiger partial charge in [-0.25, -0.2) is 0 Å². The number of carbonyl (C=O) groups is 2. The maximum Gasteiger partial charge on any atom is 0.313 e. The van der Waals surface area contributed by atoms with Gasteiger partial charge in [-0.05, 0) is 43.2 Å². The predicted molar refractivity (Wildman–Crippen MR) is 85.6 cm³/mol. The molecule has 2 rings (SSSR count). The highest BCUT2D eigenvalue weighted by atomic mass is 35.5. The fourth-order valence-electron chi connectivity index (χ4n) is 2.00. The molecule has 2 aromatic rings. The summed E-state index contributed by atoms with van der Waals surface area (Å²) in [6, 6.07) is 8.96. The van der Waals surface area contributed by atoms with Gasteiger partial charge < -0.3 is 10.6 Å². The normalized spacial score (nSPS) is 10.1. The molecule has 0 atom stereocenters. The van der Waals surface area contributed by atoms with Crippen LogP contribution in [0.2, 0.25) is 5.02 Å². The lowest BCUT2D eigenvalue weighted by molar-refractivity contribution is -0.136. The van der Waals surface area contributed by atoms with E-state index in [4.69, 9.17) is 11.6 Å². The third-order valence-corrected chi connectivity index (χ3v) is 3.33. The Bertz CT molecular complexity index is 679. The minimum atomic E-state index is -0.759. The zero-order valence-electron chi connectivity index (χ0n) is 12.3. The number of benzene rings is 1. The molecule has 5 nitrogen and oxygen atoms in total. The Morgan fingerprint density at radius 2 is 1.95 bits per heavy atom. The monoisotopic (exact) mass is 317 g/mol. The van der Waals surface area contributed by atoms with Crippen molar-refractivity contribution in [2.24, 2.45) is 0 Å². The molecular weight excluding hydrogens is 302 g/mol. The molecule has 0 saturated carbocycles. The van der Waals surface area contributed by atoms with E-state index in [-0.39, 0.29) is 6.54 Å². The van der Waals surface area contributed by atoms with Crippen molar-refractivity contribution in [2.75, 3.05) is 5.32 Å². The maximum absolute atomic E-state index is 11.9. The molecule has 0 radical (unpaired) electrons. The molecule has 1 aromatic heterocycles. The number of rotatable bonds is 3. The first-order valence-corrected chi connectivity index (χ1v) is 7.11. The predicted octanol–water partition coefficient (Wildman–Crippen LogP) is 2.61. The third-order valence-electron chi connectivity index (χ3n) is 3.03. The fraction of sp³-hybridized carbons (Fsp3) is 0.188. The molecule has 0 aliphatic rings. The third kappa shape index (κ3) is 4.05. The molecule has 2 N–H and O–H groups in total. The molecule has 6 heteroatoms. The van der Waals surface area contributed by atoms with Crippen LogP contribution in [-0.2, 0) is 16.1 Å². The first-order chi connectivity index (χ1) is 10.5. The second-order valence-electron chi connectivity index (χ2n) is 4.90. The van der Waals surface area contributed by atoms with Crippen LogP contribution in [0.25, 0.3) is 0 Å². The molecule has 0 aliphatic carbocycles. The van der Waals surface area contributed by atoms with Gasteiger partial charge in [0.2, 0.25) is 0 Å². The smallest absolute Gasteiger partial charge is 0.313 e. The number of nitrogens with zero attached hydrogens (tertiary/aromatic N) is 1. The van der Waals surface area contributed by atoms with E-state index in [1.165, 1.54) is 0 Å². The van der Waals surface area contributed by atoms with Gasteiger partial charge in [0.05, 0.1) is 22.9 Å². The Morgan fingerprint density at radius 3 is 2.59 bits per heavy atom. The summed E-state index contributed by atoms with van der Waals surface area (Å²) in [7, 11) is 0. The van der Waals surface area contributed by atoms with Gasteiger partial charge in [-0.3, -0.25) is 14.6 Å². The quantitative estimate of drug-likeness (QED) is 0.855. The molecule has 1 heterocycles. The molecular formula is C16H16ClN3O2. The van der Waals surface area contributed by atoms with Gasteiger partial charge in [-0.2, -0.15) is 0 Å². The van der Waals surface area contributed by atoms with Gasteiger partial charge in [0, 0.05) is 6.20 Å². The molecule has 0 spiro atoms. The SMILES string of the molecule is Cc1cc(C)c(NC(=O)C(=O)NCc2ccccn2)c(Cl)c1. The molecule has 0 unspecified atom stereocenters. The van der Waals surface area contributed by atoms with Gasteiger partial charge >= 0.3 is 11.8 Å². The zero-order chi connectivity index (χ0) is 16.1. The van der Waals surface area contributed by atoms with Crippen LogP contribution in [0.15, 0.2) is 36.5 Å². The molecule has 0 fully saturated rings. The number of aromatic nitrogens is 1. The van der Waals surface area contributed by atoms with E-state index in [2.05, 4.69) is 15.6 Å². The van der Waals surface area contributed by atoms with Crippen molar-refractivity contribution in [3.05, 3.63) is 58.4 Å². The molecule has 22 heavy (non-hydrogen) atoms. The number of aryl methyl sites for hydroxylation is 2. The Hall–Kier alpha value is -2.40. The van der Waals surface area contributed by atoms with E-state index in [9.17, 15) is 9.59 Å². The Balaban J connectivity index is 1.99. The van der Waals surface area contributed by atoms with E-state index in [0.29, 0.717) is 16.4 Å². The standard InChI is InChI=1S/C16H16ClN3O2/c1-10-7-11(2)14(13(17)8-10)20-16(22)15(21)19-9-12-5-3-4-6-18-12/h3-8H,9H2,1-2H3,(H,19,21)(H,20,22). The van der Waals surface area contributed by atoms with Gasteiger partial charge in [0.1, 0.15) is 0 Å². The molecule has 0 saturated heterocycles. The van der Waals surface area contributed by atoms with Crippen LogP contribution in [0.4, 0.5) is 5.69 Å². The summed E-state index contributed by atoms with van der Waals surface area (Å²) in [4.78, 5) is 27.8. The fourth-order valence-corrected chi connectivity index (χ4v) is 2.37. The van der Waals surface area contributed by atoms with Crippen LogP contribution in [-0.4, -0.2) is 16.8 Å². The average Bonchev–Trinajstić information content (AvgIpc) is 2.49. The average molecular weight is 318 g/mol. The van der Waals surface area contributed by atoms with Crippen molar-refractivity contribution < 1.29 is 9.59 Å². The number of anilines is 1. The largest absolute Gasteiger partial charge is 0.342 e. The molecule has 0 bridgehead atoms. The van der Waals surface area contributed by atoms with Gasteiger partial charge in [-0.15, -0.1) is 0 Å². The summed E-state index contributed by atoms with van der Waals surface area (Å²) in [6.07, 6.45) is 1.62. The van der Waals surface area contributed by atoms with Crippen molar-refractivity contribution in [2.45, 2.75) is 20.4 Å². The number of pyridine rings is 1. The first kappa shape index (κ1) is 16.0. The number of amides is 2. The number of carbonyl (C=O) groups excluding carboxylic acids is 2. The number of hydrogen-bond donors (Lipinski definition) is 2. The number of nitrogens with one attached hydrogen (secondary N) is 2. The van der Waals surface area contributed by atoms with Crippen LogP contribution in [0.1, 0.15) is 16.8 Å². The van der Waals surface area contributed by atoms with Crippen molar-refractivity contribution in [3.8, 4) is 0 Å². The van der Waals surface area contributed by atoms with E-state index in [1.54, 1.807) is 24.4 Å². The molecule has 0 aliphatic heterocycles. The highest BCUT2D eigenvalue weighted by Gasteiger charge is 2.16. The highest BCUT2D eigenvalue weighted by molar-refractivity contribution is 6.41. The van der Waals surface area contributed by atoms with Gasteiger partial charge in [-0.1, -0.05) is 23.7 Å². The summed E-state index contributed by atoms with van der Waals surface area (Å²) in [6.45, 7) is 3.91. The lowest BCUT2D eigenvalue weighted by Gasteiger charge is -2.11. The van der Waals surface area contributed by atoms with Crippen LogP contribution in [0.3, 0.4) is 0 Å². The second kappa shape index (κ2) is 7.04. The second-order valence-corrected chi connectivity index (χ2v) is 5.30. The van der Waals surface area contributed by atoms with Gasteiger partial charge in [0.25, 0.3) is 0 Å². The van der Waals surface area contributed by atoms with Crippen molar-refractivity contribution in [3.63, 3.8) is 0 Å². The van der Waals surface area contributed by atoms with E-state index >= 15 is 0 Å². The zero-order valence-corrected chi connectivity index (χ0v) is 13.1. The minimum Gasteiger partial charge on any atom is -0.342 e. The summed E-state index contributed by atoms with van der Waals surface area (Å²) in [5.41, 5.74) is 2.91. The molecule has 1 aromatic carbocycles. The van der Waals surface area contributed by atoms with Crippen LogP contribution in [0.5, 0.6) is 0 Å². The Labute approximate surface area is 133 Å². The maximum atomic E-state index is 11.9. The Morgan fingerprint density at radius 1 is 1.18 bits per heavy atom. The number of halogens is 1.